The predicted octanol–water partition coefficient (Wildman–Crippen LogP) is 3.78. The zero-order valence-corrected chi connectivity index (χ0v) is 21.6. The van der Waals surface area contributed by atoms with E-state index in [0.717, 1.165) is 25.0 Å². The molecule has 8 heteroatoms. The fourth-order valence-electron chi connectivity index (χ4n) is 7.54. The van der Waals surface area contributed by atoms with Gasteiger partial charge in [0.2, 0.25) is 0 Å². The number of esters is 1. The van der Waals surface area contributed by atoms with Crippen molar-refractivity contribution in [2.45, 2.75) is 78.4 Å². The van der Waals surface area contributed by atoms with Crippen molar-refractivity contribution in [1.82, 2.24) is 0 Å². The molecule has 4 aliphatic rings. The number of ether oxygens (including phenoxy) is 1. The average Bonchev–Trinajstić information content (AvgIpc) is 3.08. The van der Waals surface area contributed by atoms with E-state index in [2.05, 4.69) is 36.3 Å². The summed E-state index contributed by atoms with van der Waals surface area (Å²) >= 11 is 0. The number of allylic oxidation sites excluding steroid dienone is 4. The summed E-state index contributed by atoms with van der Waals surface area (Å²) in [6.45, 7) is 10.1. The van der Waals surface area contributed by atoms with Crippen molar-refractivity contribution in [3.05, 3.63) is 23.8 Å². The molecule has 194 valence electrons. The molecular formula is C27H40N2O6. The molecule has 2 N–H and O–H groups in total. The SMILES string of the molecule is CCON=C1C=C[C@@]2(C)C(=C1)CC[C@@H]1[C@@H]2[C@@H](O)C[C@@]2(C)[C@H]1CC[C@]2(O)/C(COC(C)=O)=N/OCC. The van der Waals surface area contributed by atoms with Gasteiger partial charge >= 0.3 is 5.97 Å². The number of carbonyl (C=O) groups excluding carboxylic acids is 1. The Balaban J connectivity index is 1.65. The van der Waals surface area contributed by atoms with Crippen LogP contribution in [0.5, 0.6) is 0 Å². The van der Waals surface area contributed by atoms with Crippen LogP contribution in [0.25, 0.3) is 0 Å². The monoisotopic (exact) mass is 488 g/mol. The molecule has 0 aliphatic heterocycles. The van der Waals surface area contributed by atoms with Gasteiger partial charge < -0.3 is 24.6 Å². The lowest BCUT2D eigenvalue weighted by Gasteiger charge is -2.59. The van der Waals surface area contributed by atoms with Gasteiger partial charge in [0.25, 0.3) is 0 Å². The van der Waals surface area contributed by atoms with Gasteiger partial charge in [0.1, 0.15) is 36.8 Å². The molecule has 0 aromatic heterocycles. The van der Waals surface area contributed by atoms with Gasteiger partial charge in [0.05, 0.1) is 6.10 Å². The number of carbonyl (C=O) groups is 1. The normalized spacial score (nSPS) is 41.5. The van der Waals surface area contributed by atoms with Gasteiger partial charge in [-0.25, -0.2) is 0 Å². The highest BCUT2D eigenvalue weighted by Crippen LogP contribution is 2.67. The summed E-state index contributed by atoms with van der Waals surface area (Å²) in [4.78, 5) is 22.1. The van der Waals surface area contributed by atoms with Gasteiger partial charge in [-0.3, -0.25) is 4.79 Å². The van der Waals surface area contributed by atoms with Crippen LogP contribution in [-0.2, 0) is 19.2 Å². The third-order valence-corrected chi connectivity index (χ3v) is 9.15. The van der Waals surface area contributed by atoms with Crippen LogP contribution in [0.1, 0.15) is 66.7 Å². The van der Waals surface area contributed by atoms with E-state index < -0.39 is 23.1 Å². The molecule has 4 aliphatic carbocycles. The summed E-state index contributed by atoms with van der Waals surface area (Å²) in [5.74, 6) is 0.0676. The van der Waals surface area contributed by atoms with Crippen LogP contribution in [0.15, 0.2) is 34.1 Å². The van der Waals surface area contributed by atoms with Crippen molar-refractivity contribution in [3.63, 3.8) is 0 Å². The quantitative estimate of drug-likeness (QED) is 0.321. The maximum atomic E-state index is 12.1. The molecule has 0 heterocycles. The van der Waals surface area contributed by atoms with E-state index in [0.29, 0.717) is 31.8 Å². The van der Waals surface area contributed by atoms with E-state index in [1.54, 1.807) is 0 Å². The van der Waals surface area contributed by atoms with E-state index in [1.807, 2.05) is 19.9 Å². The maximum absolute atomic E-state index is 12.1. The van der Waals surface area contributed by atoms with Crippen LogP contribution in [0, 0.1) is 28.6 Å². The molecule has 3 fully saturated rings. The Morgan fingerprint density at radius 3 is 2.63 bits per heavy atom. The fraction of sp³-hybridized carbons (Fsp3) is 0.741. The lowest BCUT2D eigenvalue weighted by Crippen LogP contribution is -2.61. The van der Waals surface area contributed by atoms with Crippen molar-refractivity contribution in [2.24, 2.45) is 38.9 Å². The molecule has 0 bridgehead atoms. The van der Waals surface area contributed by atoms with Gasteiger partial charge in [-0.2, -0.15) is 0 Å². The van der Waals surface area contributed by atoms with Crippen molar-refractivity contribution in [3.8, 4) is 0 Å². The topological polar surface area (TPSA) is 110 Å². The van der Waals surface area contributed by atoms with E-state index in [1.165, 1.54) is 12.5 Å². The number of rotatable bonds is 7. The standard InChI is InChI=1S/C27H40N2O6/c1-6-34-28-19-10-12-25(4)18(14-19)8-9-20-21-11-13-27(32,26(21,5)15-22(31)24(20)25)23(29-35-7-2)16-33-17(3)30/h10,12,14,20-22,24,31-32H,6-9,11,13,15-16H2,1-5H3/b28-19?,29-23+/t20-,21-,22-,24+,25-,26-,27-/m0/s1. The van der Waals surface area contributed by atoms with Gasteiger partial charge in [-0.05, 0) is 69.9 Å². The van der Waals surface area contributed by atoms with Crippen molar-refractivity contribution >= 4 is 17.4 Å². The number of aliphatic hydroxyl groups is 2. The maximum Gasteiger partial charge on any atom is 0.303 e. The minimum Gasteiger partial charge on any atom is -0.459 e. The molecule has 8 nitrogen and oxygen atoms in total. The second-order valence-corrected chi connectivity index (χ2v) is 10.9. The summed E-state index contributed by atoms with van der Waals surface area (Å²) in [6, 6.07) is 0. The second kappa shape index (κ2) is 9.69. The Labute approximate surface area is 208 Å². The van der Waals surface area contributed by atoms with Crippen LogP contribution in [0.2, 0.25) is 0 Å². The first-order chi connectivity index (χ1) is 16.6. The summed E-state index contributed by atoms with van der Waals surface area (Å²) in [7, 11) is 0. The first kappa shape index (κ1) is 25.9. The third kappa shape index (κ3) is 4.22. The van der Waals surface area contributed by atoms with Crippen molar-refractivity contribution < 1.29 is 29.4 Å². The average molecular weight is 489 g/mol. The number of hydrogen-bond acceptors (Lipinski definition) is 8. The Morgan fingerprint density at radius 2 is 1.94 bits per heavy atom. The molecule has 4 rings (SSSR count). The highest BCUT2D eigenvalue weighted by Gasteiger charge is 2.67. The van der Waals surface area contributed by atoms with E-state index in [-0.39, 0.29) is 29.8 Å². The molecule has 0 radical (unpaired) electrons. The van der Waals surface area contributed by atoms with Crippen LogP contribution in [-0.4, -0.2) is 59.1 Å². The lowest BCUT2D eigenvalue weighted by molar-refractivity contribution is -0.147. The number of hydrogen-bond donors (Lipinski definition) is 2. The molecule has 0 unspecified atom stereocenters. The largest absolute Gasteiger partial charge is 0.459 e. The molecular weight excluding hydrogens is 448 g/mol. The molecule has 35 heavy (non-hydrogen) atoms. The zero-order valence-electron chi connectivity index (χ0n) is 21.6. The van der Waals surface area contributed by atoms with Gasteiger partial charge in [0.15, 0.2) is 0 Å². The van der Waals surface area contributed by atoms with Crippen LogP contribution >= 0.6 is 0 Å². The summed E-state index contributed by atoms with van der Waals surface area (Å²) in [5, 5.41) is 32.2. The van der Waals surface area contributed by atoms with Gasteiger partial charge in [0, 0.05) is 23.7 Å². The Hall–Kier alpha value is -2.19. The molecule has 0 amide bonds. The minimum atomic E-state index is -1.31. The second-order valence-electron chi connectivity index (χ2n) is 10.9. The van der Waals surface area contributed by atoms with Gasteiger partial charge in [-0.1, -0.05) is 35.8 Å². The highest BCUT2D eigenvalue weighted by atomic mass is 16.6. The van der Waals surface area contributed by atoms with Crippen LogP contribution in [0.3, 0.4) is 0 Å². The van der Waals surface area contributed by atoms with Crippen molar-refractivity contribution in [2.75, 3.05) is 19.8 Å². The number of fused-ring (bicyclic) bond motifs is 5. The Kier molecular flexibility index (Phi) is 7.17. The third-order valence-electron chi connectivity index (χ3n) is 9.15. The molecule has 7 atom stereocenters. The highest BCUT2D eigenvalue weighted by molar-refractivity contribution is 6.05. The number of oxime groups is 2. The Morgan fingerprint density at radius 1 is 1.20 bits per heavy atom. The van der Waals surface area contributed by atoms with E-state index in [4.69, 9.17) is 14.4 Å². The van der Waals surface area contributed by atoms with E-state index >= 15 is 0 Å². The Bertz CT molecular complexity index is 957. The fourth-order valence-corrected chi connectivity index (χ4v) is 7.54. The molecule has 0 aromatic rings. The number of nitrogens with zero attached hydrogens (tertiary/aromatic N) is 2. The van der Waals surface area contributed by atoms with Crippen LogP contribution in [0.4, 0.5) is 0 Å². The zero-order chi connectivity index (χ0) is 25.4. The summed E-state index contributed by atoms with van der Waals surface area (Å²) < 4.78 is 5.25. The number of aliphatic hydroxyl groups excluding tert-OH is 1. The van der Waals surface area contributed by atoms with E-state index in [9.17, 15) is 15.0 Å². The molecule has 0 spiro atoms. The molecule has 3 saturated carbocycles. The van der Waals surface area contributed by atoms with Gasteiger partial charge in [-0.15, -0.1) is 0 Å². The first-order valence-corrected chi connectivity index (χ1v) is 12.9. The first-order valence-electron chi connectivity index (χ1n) is 12.9. The predicted molar refractivity (Wildman–Crippen MR) is 133 cm³/mol. The minimum absolute atomic E-state index is 0.0496. The summed E-state index contributed by atoms with van der Waals surface area (Å²) in [6.07, 6.45) is 9.32. The lowest BCUT2D eigenvalue weighted by atomic mass is 9.46. The summed E-state index contributed by atoms with van der Waals surface area (Å²) in [5.41, 5.74) is 0.235. The molecule has 0 aromatic carbocycles. The van der Waals surface area contributed by atoms with Crippen LogP contribution < -0.4 is 0 Å². The molecule has 0 saturated heterocycles. The van der Waals surface area contributed by atoms with Crippen molar-refractivity contribution in [1.29, 1.82) is 0 Å². The smallest absolute Gasteiger partial charge is 0.303 e.